The van der Waals surface area contributed by atoms with Gasteiger partial charge in [0.25, 0.3) is 5.91 Å². The van der Waals surface area contributed by atoms with Crippen molar-refractivity contribution in [1.29, 1.82) is 0 Å². The van der Waals surface area contributed by atoms with Crippen molar-refractivity contribution in [3.05, 3.63) is 90.3 Å². The molecule has 0 spiro atoms. The summed E-state index contributed by atoms with van der Waals surface area (Å²) in [6, 6.07) is 21.8. The number of benzene rings is 2. The fraction of sp³-hybridized carbons (Fsp3) is 0.250. The Morgan fingerprint density at radius 3 is 2.68 bits per heavy atom. The minimum Gasteiger partial charge on any atom is -0.372 e. The predicted molar refractivity (Wildman–Crippen MR) is 110 cm³/mol. The van der Waals surface area contributed by atoms with Crippen molar-refractivity contribution in [2.75, 3.05) is 13.1 Å². The van der Waals surface area contributed by atoms with Crippen LogP contribution < -0.4 is 0 Å². The number of carbonyl (C=O) groups excluding carboxylic acids is 1. The van der Waals surface area contributed by atoms with Crippen molar-refractivity contribution in [3.8, 4) is 11.1 Å². The minimum atomic E-state index is 0.0572. The molecule has 1 aliphatic heterocycles. The van der Waals surface area contributed by atoms with E-state index in [0.717, 1.165) is 41.6 Å². The third kappa shape index (κ3) is 4.29. The number of rotatable bonds is 5. The first-order valence-corrected chi connectivity index (χ1v) is 9.75. The number of aromatic nitrogens is 1. The molecule has 0 radical (unpaired) electrons. The molecule has 1 unspecified atom stereocenters. The minimum absolute atomic E-state index is 0.0572. The third-order valence-electron chi connectivity index (χ3n) is 5.12. The highest BCUT2D eigenvalue weighted by Gasteiger charge is 2.26. The van der Waals surface area contributed by atoms with E-state index in [9.17, 15) is 4.79 Å². The van der Waals surface area contributed by atoms with Gasteiger partial charge >= 0.3 is 0 Å². The Morgan fingerprint density at radius 1 is 1.04 bits per heavy atom. The molecular formula is C24H24N2O2. The number of nitrogens with zero attached hydrogens (tertiary/aromatic N) is 2. The van der Waals surface area contributed by atoms with Crippen LogP contribution in [-0.4, -0.2) is 35.0 Å². The van der Waals surface area contributed by atoms with Gasteiger partial charge in [0.05, 0.1) is 12.7 Å². The smallest absolute Gasteiger partial charge is 0.254 e. The van der Waals surface area contributed by atoms with Crippen LogP contribution in [-0.2, 0) is 11.3 Å². The molecule has 1 fully saturated rings. The van der Waals surface area contributed by atoms with Crippen LogP contribution in [0.15, 0.2) is 79.1 Å². The highest BCUT2D eigenvalue weighted by atomic mass is 16.5. The van der Waals surface area contributed by atoms with E-state index in [1.807, 2.05) is 77.8 Å². The summed E-state index contributed by atoms with van der Waals surface area (Å²) >= 11 is 0. The first kappa shape index (κ1) is 18.4. The number of pyridine rings is 1. The summed E-state index contributed by atoms with van der Waals surface area (Å²) in [6.07, 6.45) is 5.57. The number of carbonyl (C=O) groups is 1. The fourth-order valence-corrected chi connectivity index (χ4v) is 3.67. The van der Waals surface area contributed by atoms with Gasteiger partial charge in [-0.05, 0) is 41.7 Å². The van der Waals surface area contributed by atoms with E-state index >= 15 is 0 Å². The quantitative estimate of drug-likeness (QED) is 0.659. The van der Waals surface area contributed by atoms with Crippen molar-refractivity contribution in [2.45, 2.75) is 25.6 Å². The molecular weight excluding hydrogens is 348 g/mol. The van der Waals surface area contributed by atoms with Gasteiger partial charge in [0.15, 0.2) is 0 Å². The normalized spacial score (nSPS) is 16.7. The summed E-state index contributed by atoms with van der Waals surface area (Å²) in [7, 11) is 0. The second-order valence-corrected chi connectivity index (χ2v) is 7.10. The zero-order chi connectivity index (χ0) is 19.2. The lowest BCUT2D eigenvalue weighted by atomic mass is 9.98. The zero-order valence-electron chi connectivity index (χ0n) is 15.8. The Labute approximate surface area is 165 Å². The molecule has 0 aliphatic carbocycles. The predicted octanol–water partition coefficient (Wildman–Crippen LogP) is 4.57. The van der Waals surface area contributed by atoms with Gasteiger partial charge in [-0.25, -0.2) is 0 Å². The van der Waals surface area contributed by atoms with E-state index in [-0.39, 0.29) is 12.0 Å². The van der Waals surface area contributed by atoms with Gasteiger partial charge in [0.1, 0.15) is 0 Å². The summed E-state index contributed by atoms with van der Waals surface area (Å²) in [5.41, 5.74) is 3.85. The summed E-state index contributed by atoms with van der Waals surface area (Å²) in [5.74, 6) is 0.0779. The molecule has 2 heterocycles. The molecule has 28 heavy (non-hydrogen) atoms. The maximum absolute atomic E-state index is 13.3. The largest absolute Gasteiger partial charge is 0.372 e. The Morgan fingerprint density at radius 2 is 1.86 bits per heavy atom. The summed E-state index contributed by atoms with van der Waals surface area (Å²) < 4.78 is 6.07. The van der Waals surface area contributed by atoms with Crippen molar-refractivity contribution in [3.63, 3.8) is 0 Å². The zero-order valence-corrected chi connectivity index (χ0v) is 15.8. The molecule has 0 saturated carbocycles. The van der Waals surface area contributed by atoms with E-state index in [1.165, 1.54) is 0 Å². The summed E-state index contributed by atoms with van der Waals surface area (Å²) in [5, 5.41) is 0. The van der Waals surface area contributed by atoms with Crippen LogP contribution in [0.3, 0.4) is 0 Å². The molecule has 1 atom stereocenters. The highest BCUT2D eigenvalue weighted by molar-refractivity contribution is 6.00. The van der Waals surface area contributed by atoms with Crippen LogP contribution in [0.4, 0.5) is 0 Å². The van der Waals surface area contributed by atoms with Crippen molar-refractivity contribution in [1.82, 2.24) is 9.88 Å². The molecule has 1 saturated heterocycles. The first-order valence-electron chi connectivity index (χ1n) is 9.75. The third-order valence-corrected chi connectivity index (χ3v) is 5.12. The van der Waals surface area contributed by atoms with Gasteiger partial charge in [-0.1, -0.05) is 54.6 Å². The van der Waals surface area contributed by atoms with E-state index in [2.05, 4.69) is 4.98 Å². The molecule has 4 heteroatoms. The number of amides is 1. The molecule has 1 aliphatic rings. The lowest BCUT2D eigenvalue weighted by Gasteiger charge is -2.33. The molecule has 1 amide bonds. The Kier molecular flexibility index (Phi) is 5.78. The molecule has 4 rings (SSSR count). The lowest BCUT2D eigenvalue weighted by Crippen LogP contribution is -2.43. The first-order chi connectivity index (χ1) is 13.8. The molecule has 0 N–H and O–H groups in total. The standard InChI is InChI=1S/C24H24N2O2/c27-24(23-13-5-4-12-22(23)20-9-2-1-3-10-20)26-15-7-11-21(17-26)28-18-19-8-6-14-25-16-19/h1-6,8-10,12-14,16,21H,7,11,15,17-18H2. The fourth-order valence-electron chi connectivity index (χ4n) is 3.67. The Hall–Kier alpha value is -2.98. The molecule has 4 nitrogen and oxygen atoms in total. The second-order valence-electron chi connectivity index (χ2n) is 7.10. The lowest BCUT2D eigenvalue weighted by molar-refractivity contribution is -0.00679. The van der Waals surface area contributed by atoms with Crippen LogP contribution in [0.5, 0.6) is 0 Å². The van der Waals surface area contributed by atoms with Gasteiger partial charge < -0.3 is 9.64 Å². The van der Waals surface area contributed by atoms with Crippen LogP contribution in [0.25, 0.3) is 11.1 Å². The van der Waals surface area contributed by atoms with Crippen LogP contribution in [0.1, 0.15) is 28.8 Å². The van der Waals surface area contributed by atoms with E-state index < -0.39 is 0 Å². The van der Waals surface area contributed by atoms with Crippen LogP contribution >= 0.6 is 0 Å². The van der Waals surface area contributed by atoms with Crippen molar-refractivity contribution < 1.29 is 9.53 Å². The summed E-state index contributed by atoms with van der Waals surface area (Å²) in [6.45, 7) is 1.93. The SMILES string of the molecule is O=C(c1ccccc1-c1ccccc1)N1CCCC(OCc2cccnc2)C1. The topological polar surface area (TPSA) is 42.4 Å². The second kappa shape index (κ2) is 8.81. The van der Waals surface area contributed by atoms with Gasteiger partial charge in [0, 0.05) is 31.0 Å². The van der Waals surface area contributed by atoms with E-state index in [1.54, 1.807) is 6.20 Å². The average Bonchev–Trinajstić information content (AvgIpc) is 2.79. The molecule has 0 bridgehead atoms. The van der Waals surface area contributed by atoms with Gasteiger partial charge in [0.2, 0.25) is 0 Å². The highest BCUT2D eigenvalue weighted by Crippen LogP contribution is 2.26. The molecule has 142 valence electrons. The maximum Gasteiger partial charge on any atom is 0.254 e. The molecule has 2 aromatic carbocycles. The van der Waals surface area contributed by atoms with Crippen molar-refractivity contribution in [2.24, 2.45) is 0 Å². The average molecular weight is 372 g/mol. The van der Waals surface area contributed by atoms with Crippen molar-refractivity contribution >= 4 is 5.91 Å². The van der Waals surface area contributed by atoms with Crippen LogP contribution in [0, 0.1) is 0 Å². The number of piperidine rings is 1. The van der Waals surface area contributed by atoms with Crippen LogP contribution in [0.2, 0.25) is 0 Å². The Balaban J connectivity index is 1.46. The van der Waals surface area contributed by atoms with Gasteiger partial charge in [-0.15, -0.1) is 0 Å². The Bertz CT molecular complexity index is 912. The van der Waals surface area contributed by atoms with Gasteiger partial charge in [-0.2, -0.15) is 0 Å². The van der Waals surface area contributed by atoms with E-state index in [0.29, 0.717) is 13.2 Å². The molecule has 3 aromatic rings. The maximum atomic E-state index is 13.3. The number of hydrogen-bond donors (Lipinski definition) is 0. The van der Waals surface area contributed by atoms with Gasteiger partial charge in [-0.3, -0.25) is 9.78 Å². The number of hydrogen-bond acceptors (Lipinski definition) is 3. The monoisotopic (exact) mass is 372 g/mol. The number of likely N-dealkylation sites (tertiary alicyclic amines) is 1. The number of ether oxygens (including phenoxy) is 1. The summed E-state index contributed by atoms with van der Waals surface area (Å²) in [4.78, 5) is 19.3. The molecule has 1 aromatic heterocycles. The van der Waals surface area contributed by atoms with E-state index in [4.69, 9.17) is 4.74 Å².